The highest BCUT2D eigenvalue weighted by molar-refractivity contribution is 5.95. The number of ketones is 1. The third-order valence-electron chi connectivity index (χ3n) is 4.27. The molecule has 0 aliphatic heterocycles. The molecule has 0 saturated carbocycles. The third kappa shape index (κ3) is 3.57. The van der Waals surface area contributed by atoms with Crippen molar-refractivity contribution in [1.29, 1.82) is 0 Å². The standard InChI is InChI=1S/C19H19N3O3/c1-3-15-10-16(21-18-11-20-12-22(15)18)17(23)9-6-13-4-7-14(8-5-13)19(24)25-2/h3-4,7,10-12H,1,5-6,8-9H2,2H3. The van der Waals surface area contributed by atoms with Crippen LogP contribution in [0.25, 0.3) is 11.7 Å². The lowest BCUT2D eigenvalue weighted by Gasteiger charge is -2.13. The van der Waals surface area contributed by atoms with E-state index in [0.29, 0.717) is 36.2 Å². The Hall–Kier alpha value is -3.02. The maximum Gasteiger partial charge on any atom is 0.333 e. The molecule has 6 heteroatoms. The van der Waals surface area contributed by atoms with E-state index in [1.165, 1.54) is 7.11 Å². The molecule has 3 rings (SSSR count). The Kier molecular flexibility index (Phi) is 4.88. The number of allylic oxidation sites excluding steroid dienone is 3. The smallest absolute Gasteiger partial charge is 0.333 e. The molecule has 0 radical (unpaired) electrons. The lowest BCUT2D eigenvalue weighted by molar-refractivity contribution is -0.136. The summed E-state index contributed by atoms with van der Waals surface area (Å²) in [6, 6.07) is 1.73. The van der Waals surface area contributed by atoms with Crippen LogP contribution in [0.4, 0.5) is 0 Å². The molecule has 0 N–H and O–H groups in total. The number of nitrogens with zero attached hydrogens (tertiary/aromatic N) is 3. The van der Waals surface area contributed by atoms with Crippen molar-refractivity contribution in [1.82, 2.24) is 14.4 Å². The van der Waals surface area contributed by atoms with Gasteiger partial charge in [0.25, 0.3) is 0 Å². The minimum atomic E-state index is -0.290. The average molecular weight is 337 g/mol. The lowest BCUT2D eigenvalue weighted by Crippen LogP contribution is -2.09. The SMILES string of the molecule is C=Cc1cc(C(=O)CCC2=CC=C(C(=O)OC)CC2)nc2cncn12. The zero-order valence-corrected chi connectivity index (χ0v) is 14.1. The van der Waals surface area contributed by atoms with Gasteiger partial charge in [0, 0.05) is 12.0 Å². The topological polar surface area (TPSA) is 73.6 Å². The number of carbonyl (C=O) groups is 2. The fraction of sp³-hybridized carbons (Fsp3) is 0.263. The van der Waals surface area contributed by atoms with Gasteiger partial charge < -0.3 is 4.74 Å². The number of rotatable bonds is 6. The van der Waals surface area contributed by atoms with Crippen LogP contribution in [0.1, 0.15) is 41.9 Å². The summed E-state index contributed by atoms with van der Waals surface area (Å²) in [5, 5.41) is 0. The predicted molar refractivity (Wildman–Crippen MR) is 94.1 cm³/mol. The molecule has 0 spiro atoms. The monoisotopic (exact) mass is 337 g/mol. The second-order valence-corrected chi connectivity index (χ2v) is 5.82. The molecule has 2 aromatic rings. The van der Waals surface area contributed by atoms with Crippen LogP contribution in [0.2, 0.25) is 0 Å². The number of hydrogen-bond acceptors (Lipinski definition) is 5. The van der Waals surface area contributed by atoms with Crippen LogP contribution in [0, 0.1) is 0 Å². The van der Waals surface area contributed by atoms with Crippen LogP contribution in [0.3, 0.4) is 0 Å². The van der Waals surface area contributed by atoms with Gasteiger partial charge in [-0.2, -0.15) is 0 Å². The van der Waals surface area contributed by atoms with Gasteiger partial charge in [-0.15, -0.1) is 0 Å². The van der Waals surface area contributed by atoms with Crippen LogP contribution < -0.4 is 0 Å². The van der Waals surface area contributed by atoms with Crippen LogP contribution in [-0.2, 0) is 9.53 Å². The van der Waals surface area contributed by atoms with Gasteiger partial charge in [0.05, 0.1) is 19.0 Å². The zero-order chi connectivity index (χ0) is 17.8. The van der Waals surface area contributed by atoms with Crippen molar-refractivity contribution in [2.45, 2.75) is 25.7 Å². The number of carbonyl (C=O) groups excluding carboxylic acids is 2. The number of esters is 1. The Morgan fingerprint density at radius 3 is 2.88 bits per heavy atom. The summed E-state index contributed by atoms with van der Waals surface area (Å²) < 4.78 is 6.50. The van der Waals surface area contributed by atoms with Crippen molar-refractivity contribution in [2.75, 3.05) is 7.11 Å². The Labute approximate surface area is 145 Å². The van der Waals surface area contributed by atoms with E-state index in [4.69, 9.17) is 4.74 Å². The molecule has 0 bridgehead atoms. The van der Waals surface area contributed by atoms with E-state index in [0.717, 1.165) is 17.7 Å². The van der Waals surface area contributed by atoms with Gasteiger partial charge in [-0.05, 0) is 31.4 Å². The first-order chi connectivity index (χ1) is 12.1. The number of fused-ring (bicyclic) bond motifs is 1. The molecule has 2 heterocycles. The second-order valence-electron chi connectivity index (χ2n) is 5.82. The predicted octanol–water partition coefficient (Wildman–Crippen LogP) is 3.15. The molecular formula is C19H19N3O3. The van der Waals surface area contributed by atoms with Gasteiger partial charge in [0.2, 0.25) is 0 Å². The minimum absolute atomic E-state index is 0.0181. The highest BCUT2D eigenvalue weighted by Gasteiger charge is 2.16. The quantitative estimate of drug-likeness (QED) is 0.598. The van der Waals surface area contributed by atoms with Crippen LogP contribution in [0.15, 0.2) is 48.5 Å². The molecule has 1 aliphatic carbocycles. The van der Waals surface area contributed by atoms with Crippen molar-refractivity contribution in [3.05, 3.63) is 59.9 Å². The van der Waals surface area contributed by atoms with Gasteiger partial charge in [-0.1, -0.05) is 24.3 Å². The molecule has 25 heavy (non-hydrogen) atoms. The van der Waals surface area contributed by atoms with E-state index < -0.39 is 0 Å². The van der Waals surface area contributed by atoms with E-state index >= 15 is 0 Å². The fourth-order valence-electron chi connectivity index (χ4n) is 2.83. The first-order valence-corrected chi connectivity index (χ1v) is 8.08. The fourth-order valence-corrected chi connectivity index (χ4v) is 2.83. The highest BCUT2D eigenvalue weighted by Crippen LogP contribution is 2.23. The summed E-state index contributed by atoms with van der Waals surface area (Å²) in [5.74, 6) is -0.308. The molecule has 0 unspecified atom stereocenters. The summed E-state index contributed by atoms with van der Waals surface area (Å²) in [7, 11) is 1.38. The molecule has 0 aromatic carbocycles. The molecule has 1 aliphatic rings. The molecule has 6 nitrogen and oxygen atoms in total. The third-order valence-corrected chi connectivity index (χ3v) is 4.27. The van der Waals surface area contributed by atoms with Crippen molar-refractivity contribution in [3.8, 4) is 0 Å². The van der Waals surface area contributed by atoms with Crippen LogP contribution >= 0.6 is 0 Å². The Bertz CT molecular complexity index is 906. The first-order valence-electron chi connectivity index (χ1n) is 8.08. The molecule has 2 aromatic heterocycles. The van der Waals surface area contributed by atoms with E-state index in [1.54, 1.807) is 35.1 Å². The van der Waals surface area contributed by atoms with E-state index in [9.17, 15) is 9.59 Å². The van der Waals surface area contributed by atoms with Gasteiger partial charge in [-0.25, -0.2) is 14.8 Å². The molecule has 0 atom stereocenters. The van der Waals surface area contributed by atoms with E-state index in [2.05, 4.69) is 16.5 Å². The zero-order valence-electron chi connectivity index (χ0n) is 14.1. The summed E-state index contributed by atoms with van der Waals surface area (Å²) in [4.78, 5) is 32.4. The Balaban J connectivity index is 1.69. The van der Waals surface area contributed by atoms with Crippen molar-refractivity contribution in [3.63, 3.8) is 0 Å². The lowest BCUT2D eigenvalue weighted by atomic mass is 9.94. The average Bonchev–Trinajstić information content (AvgIpc) is 3.13. The molecule has 0 amide bonds. The maximum absolute atomic E-state index is 12.5. The van der Waals surface area contributed by atoms with Gasteiger partial charge in [0.15, 0.2) is 11.4 Å². The summed E-state index contributed by atoms with van der Waals surface area (Å²) in [5.41, 5.74) is 3.65. The summed E-state index contributed by atoms with van der Waals surface area (Å²) >= 11 is 0. The number of ether oxygens (including phenoxy) is 1. The van der Waals surface area contributed by atoms with Gasteiger partial charge in [-0.3, -0.25) is 9.20 Å². The highest BCUT2D eigenvalue weighted by atomic mass is 16.5. The van der Waals surface area contributed by atoms with Crippen LogP contribution in [0.5, 0.6) is 0 Å². The van der Waals surface area contributed by atoms with Crippen molar-refractivity contribution >= 4 is 23.5 Å². The summed E-state index contributed by atoms with van der Waals surface area (Å²) in [6.07, 6.45) is 11.1. The van der Waals surface area contributed by atoms with Crippen molar-refractivity contribution < 1.29 is 14.3 Å². The van der Waals surface area contributed by atoms with E-state index in [1.807, 2.05) is 6.08 Å². The molecule has 128 valence electrons. The summed E-state index contributed by atoms with van der Waals surface area (Å²) in [6.45, 7) is 3.77. The van der Waals surface area contributed by atoms with Gasteiger partial charge >= 0.3 is 5.97 Å². The normalized spacial score (nSPS) is 14.0. The first kappa shape index (κ1) is 16.8. The minimum Gasteiger partial charge on any atom is -0.466 e. The Morgan fingerprint density at radius 1 is 1.36 bits per heavy atom. The second kappa shape index (κ2) is 7.25. The molecule has 0 saturated heterocycles. The number of hydrogen-bond donors (Lipinski definition) is 0. The number of Topliss-reactive ketones (excluding diaryl/α,β-unsaturated/α-hetero) is 1. The number of aromatic nitrogens is 3. The number of imidazole rings is 1. The maximum atomic E-state index is 12.5. The van der Waals surface area contributed by atoms with Crippen LogP contribution in [-0.4, -0.2) is 33.2 Å². The molecule has 0 fully saturated rings. The molecular weight excluding hydrogens is 318 g/mol. The van der Waals surface area contributed by atoms with Gasteiger partial charge in [0.1, 0.15) is 12.0 Å². The van der Waals surface area contributed by atoms with Crippen molar-refractivity contribution in [2.24, 2.45) is 0 Å². The largest absolute Gasteiger partial charge is 0.466 e. The van der Waals surface area contributed by atoms with E-state index in [-0.39, 0.29) is 11.8 Å². The Morgan fingerprint density at radius 2 is 2.20 bits per heavy atom. The number of methoxy groups -OCH3 is 1.